The summed E-state index contributed by atoms with van der Waals surface area (Å²) in [7, 11) is -3.97. The standard InChI is InChI=1S/C30H33ClFN3O4S/c1-40(38,39)35(25-16-17-27(32)26(31)19-25)21-29(36)34(20-23-12-6-3-7-13-23)28(18-22-10-4-2-5-11-22)30(37)33-24-14-8-9-15-24/h2-7,10-13,16-17,19,24,28H,8-9,14-15,18,20-21H2,1H3,(H,33,37). The summed E-state index contributed by atoms with van der Waals surface area (Å²) in [5.41, 5.74) is 1.71. The summed E-state index contributed by atoms with van der Waals surface area (Å²) in [6, 6.07) is 21.3. The second-order valence-corrected chi connectivity index (χ2v) is 12.4. The van der Waals surface area contributed by atoms with Crippen LogP contribution in [0.5, 0.6) is 0 Å². The van der Waals surface area contributed by atoms with Crippen molar-refractivity contribution in [1.82, 2.24) is 10.2 Å². The Labute approximate surface area is 240 Å². The predicted octanol–water partition coefficient (Wildman–Crippen LogP) is 4.94. The van der Waals surface area contributed by atoms with Gasteiger partial charge in [-0.15, -0.1) is 0 Å². The fourth-order valence-corrected chi connectivity index (χ4v) is 5.97. The molecule has 0 bridgehead atoms. The minimum atomic E-state index is -3.97. The average Bonchev–Trinajstić information content (AvgIpc) is 3.44. The molecular weight excluding hydrogens is 553 g/mol. The molecule has 1 fully saturated rings. The molecule has 0 radical (unpaired) electrons. The van der Waals surface area contributed by atoms with Gasteiger partial charge in [0.05, 0.1) is 17.0 Å². The summed E-state index contributed by atoms with van der Waals surface area (Å²) < 4.78 is 40.3. The lowest BCUT2D eigenvalue weighted by Crippen LogP contribution is -2.54. The highest BCUT2D eigenvalue weighted by Crippen LogP contribution is 2.26. The smallest absolute Gasteiger partial charge is 0.244 e. The number of rotatable bonds is 11. The van der Waals surface area contributed by atoms with Crippen LogP contribution in [0.1, 0.15) is 36.8 Å². The van der Waals surface area contributed by atoms with Gasteiger partial charge in [0.25, 0.3) is 0 Å². The first kappa shape index (κ1) is 29.6. The van der Waals surface area contributed by atoms with Crippen molar-refractivity contribution in [2.45, 2.75) is 50.7 Å². The van der Waals surface area contributed by atoms with Crippen LogP contribution in [0.3, 0.4) is 0 Å². The maximum atomic E-state index is 14.0. The van der Waals surface area contributed by atoms with Gasteiger partial charge in [-0.25, -0.2) is 12.8 Å². The molecule has 4 rings (SSSR count). The molecule has 10 heteroatoms. The van der Waals surface area contributed by atoms with E-state index in [-0.39, 0.29) is 35.6 Å². The third-order valence-corrected chi connectivity index (χ3v) is 8.47. The molecule has 0 aliphatic heterocycles. The Morgan fingerprint density at radius 2 is 1.57 bits per heavy atom. The highest BCUT2D eigenvalue weighted by Gasteiger charge is 2.34. The molecule has 0 aromatic heterocycles. The number of benzene rings is 3. The van der Waals surface area contributed by atoms with E-state index in [1.54, 1.807) is 0 Å². The van der Waals surface area contributed by atoms with E-state index in [9.17, 15) is 22.4 Å². The van der Waals surface area contributed by atoms with E-state index in [4.69, 9.17) is 11.6 Å². The van der Waals surface area contributed by atoms with Gasteiger partial charge in [-0.05, 0) is 42.2 Å². The highest BCUT2D eigenvalue weighted by atomic mass is 35.5. The van der Waals surface area contributed by atoms with Gasteiger partial charge < -0.3 is 10.2 Å². The summed E-state index contributed by atoms with van der Waals surface area (Å²) in [6.45, 7) is -0.493. The van der Waals surface area contributed by atoms with Gasteiger partial charge in [0, 0.05) is 19.0 Å². The SMILES string of the molecule is CS(=O)(=O)N(CC(=O)N(Cc1ccccc1)C(Cc1ccccc1)C(=O)NC1CCCC1)c1ccc(F)c(Cl)c1. The fourth-order valence-electron chi connectivity index (χ4n) is 4.96. The zero-order valence-electron chi connectivity index (χ0n) is 22.3. The first-order valence-electron chi connectivity index (χ1n) is 13.2. The van der Waals surface area contributed by atoms with Gasteiger partial charge in [0.1, 0.15) is 18.4 Å². The van der Waals surface area contributed by atoms with Crippen molar-refractivity contribution in [2.75, 3.05) is 17.1 Å². The molecule has 0 heterocycles. The quantitative estimate of drug-likeness (QED) is 0.345. The second-order valence-electron chi connectivity index (χ2n) is 10.1. The lowest BCUT2D eigenvalue weighted by Gasteiger charge is -2.34. The largest absolute Gasteiger partial charge is 0.352 e. The van der Waals surface area contributed by atoms with Crippen molar-refractivity contribution in [1.29, 1.82) is 0 Å². The summed E-state index contributed by atoms with van der Waals surface area (Å²) >= 11 is 5.93. The Morgan fingerprint density at radius 3 is 2.15 bits per heavy atom. The maximum absolute atomic E-state index is 14.0. The molecule has 1 saturated carbocycles. The van der Waals surface area contributed by atoms with Crippen molar-refractivity contribution in [3.63, 3.8) is 0 Å². The van der Waals surface area contributed by atoms with Crippen LogP contribution in [0.2, 0.25) is 5.02 Å². The van der Waals surface area contributed by atoms with Crippen molar-refractivity contribution in [3.8, 4) is 0 Å². The minimum absolute atomic E-state index is 0.0355. The van der Waals surface area contributed by atoms with Crippen molar-refractivity contribution >= 4 is 39.1 Å². The third kappa shape index (κ3) is 7.82. The number of hydrogen-bond acceptors (Lipinski definition) is 4. The van der Waals surface area contributed by atoms with Gasteiger partial charge >= 0.3 is 0 Å². The molecule has 1 unspecified atom stereocenters. The highest BCUT2D eigenvalue weighted by molar-refractivity contribution is 7.92. The lowest BCUT2D eigenvalue weighted by molar-refractivity contribution is -0.140. The van der Waals surface area contributed by atoms with Gasteiger partial charge in [0.2, 0.25) is 21.8 Å². The average molecular weight is 586 g/mol. The van der Waals surface area contributed by atoms with Gasteiger partial charge in [-0.1, -0.05) is 85.1 Å². The lowest BCUT2D eigenvalue weighted by atomic mass is 10.0. The molecule has 7 nitrogen and oxygen atoms in total. The van der Waals surface area contributed by atoms with Crippen LogP contribution in [0, 0.1) is 5.82 Å². The molecule has 0 spiro atoms. The molecular formula is C30H33ClFN3O4S. The van der Waals surface area contributed by atoms with Crippen LogP contribution >= 0.6 is 11.6 Å². The number of halogens is 2. The maximum Gasteiger partial charge on any atom is 0.244 e. The Hall–Kier alpha value is -3.43. The molecule has 1 N–H and O–H groups in total. The fraction of sp³-hybridized carbons (Fsp3) is 0.333. The Bertz CT molecular complexity index is 1420. The van der Waals surface area contributed by atoms with Crippen LogP contribution in [-0.4, -0.2) is 50.0 Å². The number of anilines is 1. The molecule has 3 aromatic rings. The number of carbonyl (C=O) groups excluding carboxylic acids is 2. The van der Waals surface area contributed by atoms with E-state index in [2.05, 4.69) is 5.32 Å². The zero-order chi connectivity index (χ0) is 28.7. The summed E-state index contributed by atoms with van der Waals surface area (Å²) in [5.74, 6) is -1.56. The van der Waals surface area contributed by atoms with Gasteiger partial charge in [-0.3, -0.25) is 13.9 Å². The van der Waals surface area contributed by atoms with E-state index in [0.717, 1.165) is 53.4 Å². The molecule has 1 aliphatic rings. The molecule has 212 valence electrons. The first-order chi connectivity index (χ1) is 19.1. The Kier molecular flexibility index (Phi) is 9.81. The minimum Gasteiger partial charge on any atom is -0.352 e. The van der Waals surface area contributed by atoms with E-state index in [0.29, 0.717) is 0 Å². The number of sulfonamides is 1. The molecule has 1 atom stereocenters. The van der Waals surface area contributed by atoms with Crippen molar-refractivity contribution < 1.29 is 22.4 Å². The van der Waals surface area contributed by atoms with Gasteiger partial charge in [-0.2, -0.15) is 0 Å². The molecule has 1 aliphatic carbocycles. The number of nitrogens with zero attached hydrogens (tertiary/aromatic N) is 2. The normalized spacial score (nSPS) is 14.5. The van der Waals surface area contributed by atoms with E-state index in [1.807, 2.05) is 60.7 Å². The van der Waals surface area contributed by atoms with Crippen LogP contribution in [0.25, 0.3) is 0 Å². The van der Waals surface area contributed by atoms with Crippen LogP contribution in [0.4, 0.5) is 10.1 Å². The number of amides is 2. The molecule has 3 aromatic carbocycles. The Morgan fingerprint density at radius 1 is 0.975 bits per heavy atom. The summed E-state index contributed by atoms with van der Waals surface area (Å²) in [4.78, 5) is 29.3. The van der Waals surface area contributed by atoms with E-state index < -0.39 is 34.3 Å². The summed E-state index contributed by atoms with van der Waals surface area (Å²) in [5, 5.41) is 2.86. The molecule has 40 heavy (non-hydrogen) atoms. The second kappa shape index (κ2) is 13.3. The van der Waals surface area contributed by atoms with Crippen molar-refractivity contribution in [2.24, 2.45) is 0 Å². The monoisotopic (exact) mass is 585 g/mol. The van der Waals surface area contributed by atoms with Crippen molar-refractivity contribution in [3.05, 3.63) is 101 Å². The predicted molar refractivity (Wildman–Crippen MR) is 155 cm³/mol. The summed E-state index contributed by atoms with van der Waals surface area (Å²) in [6.07, 6.45) is 5.04. The Balaban J connectivity index is 1.71. The number of hydrogen-bond donors (Lipinski definition) is 1. The number of nitrogens with one attached hydrogen (secondary N) is 1. The van der Waals surface area contributed by atoms with Gasteiger partial charge in [0.15, 0.2) is 0 Å². The molecule has 2 amide bonds. The topological polar surface area (TPSA) is 86.8 Å². The number of carbonyl (C=O) groups is 2. The third-order valence-electron chi connectivity index (χ3n) is 7.04. The van der Waals surface area contributed by atoms with Crippen LogP contribution in [0.15, 0.2) is 78.9 Å². The zero-order valence-corrected chi connectivity index (χ0v) is 23.9. The van der Waals surface area contributed by atoms with E-state index in [1.165, 1.54) is 17.0 Å². The van der Waals surface area contributed by atoms with Crippen LogP contribution < -0.4 is 9.62 Å². The molecule has 0 saturated heterocycles. The van der Waals surface area contributed by atoms with E-state index >= 15 is 0 Å². The first-order valence-corrected chi connectivity index (χ1v) is 15.4. The van der Waals surface area contributed by atoms with Crippen LogP contribution in [-0.2, 0) is 32.6 Å².